The van der Waals surface area contributed by atoms with Gasteiger partial charge in [-0.05, 0) is 40.5 Å². The molecule has 3 aromatic heterocycles. The van der Waals surface area contributed by atoms with E-state index in [0.29, 0.717) is 5.82 Å². The molecular weight excluding hydrogens is 412 g/mol. The van der Waals surface area contributed by atoms with Gasteiger partial charge in [-0.3, -0.25) is 4.98 Å². The topological polar surface area (TPSA) is 96.4 Å². The predicted octanol–water partition coefficient (Wildman–Crippen LogP) is 4.68. The minimum atomic E-state index is 0.587. The number of H-pyrrole nitrogens is 1. The second-order valence-corrected chi connectivity index (χ2v) is 7.82. The van der Waals surface area contributed by atoms with Gasteiger partial charge in [0.25, 0.3) is 0 Å². The highest BCUT2D eigenvalue weighted by atomic mass is 15.5. The summed E-state index contributed by atoms with van der Waals surface area (Å²) in [6, 6.07) is 20.6. The van der Waals surface area contributed by atoms with Crippen LogP contribution >= 0.6 is 0 Å². The van der Waals surface area contributed by atoms with E-state index in [9.17, 15) is 0 Å². The summed E-state index contributed by atoms with van der Waals surface area (Å²) in [5.41, 5.74) is 6.02. The van der Waals surface area contributed by atoms with Crippen LogP contribution < -0.4 is 4.90 Å². The van der Waals surface area contributed by atoms with Crippen LogP contribution in [0.3, 0.4) is 0 Å². The van der Waals surface area contributed by atoms with Gasteiger partial charge in [0.05, 0.1) is 5.52 Å². The molecule has 0 aliphatic carbocycles. The maximum absolute atomic E-state index is 4.59. The molecule has 0 spiro atoms. The SMILES string of the molecule is CCCCN(Cc1ccc(-c2ccccc2-c2nn[nH]n2)cc1)c1ncnc2cccnc12. The van der Waals surface area contributed by atoms with E-state index in [1.807, 2.05) is 30.3 Å². The summed E-state index contributed by atoms with van der Waals surface area (Å²) in [5, 5.41) is 14.5. The highest BCUT2D eigenvalue weighted by Crippen LogP contribution is 2.30. The fraction of sp³-hybridized carbons (Fsp3) is 0.200. The van der Waals surface area contributed by atoms with Crippen molar-refractivity contribution >= 4 is 16.9 Å². The van der Waals surface area contributed by atoms with Crippen LogP contribution in [-0.2, 0) is 6.54 Å². The van der Waals surface area contributed by atoms with Crippen LogP contribution in [0.4, 0.5) is 5.82 Å². The van der Waals surface area contributed by atoms with Gasteiger partial charge in [-0.2, -0.15) is 5.21 Å². The fourth-order valence-electron chi connectivity index (χ4n) is 3.94. The van der Waals surface area contributed by atoms with E-state index >= 15 is 0 Å². The quantitative estimate of drug-likeness (QED) is 0.377. The Morgan fingerprint density at radius 1 is 0.879 bits per heavy atom. The minimum Gasteiger partial charge on any atom is -0.350 e. The molecule has 5 aromatic rings. The van der Waals surface area contributed by atoms with Gasteiger partial charge in [-0.15, -0.1) is 10.2 Å². The highest BCUT2D eigenvalue weighted by molar-refractivity contribution is 5.85. The maximum Gasteiger partial charge on any atom is 0.205 e. The molecule has 0 saturated heterocycles. The molecule has 8 heteroatoms. The van der Waals surface area contributed by atoms with E-state index in [1.165, 1.54) is 5.56 Å². The lowest BCUT2D eigenvalue weighted by Gasteiger charge is -2.24. The van der Waals surface area contributed by atoms with Crippen LogP contribution in [0.5, 0.6) is 0 Å². The number of pyridine rings is 1. The van der Waals surface area contributed by atoms with Crippen molar-refractivity contribution < 1.29 is 0 Å². The number of fused-ring (bicyclic) bond motifs is 1. The van der Waals surface area contributed by atoms with Crippen LogP contribution in [0.25, 0.3) is 33.5 Å². The Morgan fingerprint density at radius 3 is 2.52 bits per heavy atom. The summed E-state index contributed by atoms with van der Waals surface area (Å²) in [6.45, 7) is 3.85. The van der Waals surface area contributed by atoms with Crippen molar-refractivity contribution in [1.29, 1.82) is 0 Å². The molecule has 0 unspecified atom stereocenters. The number of hydrogen-bond acceptors (Lipinski definition) is 7. The number of anilines is 1. The number of aromatic nitrogens is 7. The fourth-order valence-corrected chi connectivity index (χ4v) is 3.94. The highest BCUT2D eigenvalue weighted by Gasteiger charge is 2.15. The first kappa shape index (κ1) is 20.7. The molecule has 0 bridgehead atoms. The van der Waals surface area contributed by atoms with Gasteiger partial charge >= 0.3 is 0 Å². The average molecular weight is 437 g/mol. The largest absolute Gasteiger partial charge is 0.350 e. The smallest absolute Gasteiger partial charge is 0.205 e. The molecule has 0 aliphatic heterocycles. The standard InChI is InChI=1S/C25H24N8/c1-2-3-15-33(25-23-22(27-17-28-25)9-6-14-26-23)16-18-10-12-19(13-11-18)20-7-4-5-8-21(20)24-29-31-32-30-24/h4-14,17H,2-3,15-16H2,1H3,(H,29,30,31,32). The number of tetrazole rings is 1. The van der Waals surface area contributed by atoms with Crippen LogP contribution in [-0.4, -0.2) is 42.1 Å². The van der Waals surface area contributed by atoms with Crippen molar-refractivity contribution in [2.45, 2.75) is 26.3 Å². The molecule has 0 saturated carbocycles. The van der Waals surface area contributed by atoms with E-state index in [0.717, 1.165) is 59.5 Å². The van der Waals surface area contributed by atoms with Gasteiger partial charge in [0.15, 0.2) is 5.82 Å². The van der Waals surface area contributed by atoms with E-state index in [4.69, 9.17) is 0 Å². The number of rotatable bonds is 8. The first-order valence-electron chi connectivity index (χ1n) is 11.1. The Kier molecular flexibility index (Phi) is 5.97. The first-order valence-corrected chi connectivity index (χ1v) is 11.1. The summed E-state index contributed by atoms with van der Waals surface area (Å²) in [7, 11) is 0. The van der Waals surface area contributed by atoms with Crippen molar-refractivity contribution in [2.75, 3.05) is 11.4 Å². The zero-order chi connectivity index (χ0) is 22.5. The molecule has 1 N–H and O–H groups in total. The van der Waals surface area contributed by atoms with Crippen molar-refractivity contribution in [2.24, 2.45) is 0 Å². The van der Waals surface area contributed by atoms with Gasteiger partial charge in [-0.25, -0.2) is 9.97 Å². The van der Waals surface area contributed by atoms with Crippen LogP contribution in [0.2, 0.25) is 0 Å². The molecule has 0 atom stereocenters. The maximum atomic E-state index is 4.59. The third kappa shape index (κ3) is 4.41. The van der Waals surface area contributed by atoms with Gasteiger partial charge in [0, 0.05) is 24.8 Å². The summed E-state index contributed by atoms with van der Waals surface area (Å²) in [4.78, 5) is 15.8. The molecule has 0 fully saturated rings. The monoisotopic (exact) mass is 436 g/mol. The molecule has 2 aromatic carbocycles. The molecule has 0 amide bonds. The number of aromatic amines is 1. The number of unbranched alkanes of at least 4 members (excludes halogenated alkanes) is 1. The van der Waals surface area contributed by atoms with Crippen molar-refractivity contribution in [1.82, 2.24) is 35.6 Å². The Morgan fingerprint density at radius 2 is 1.73 bits per heavy atom. The van der Waals surface area contributed by atoms with Crippen molar-refractivity contribution in [3.8, 4) is 22.5 Å². The lowest BCUT2D eigenvalue weighted by atomic mass is 9.98. The Bertz CT molecular complexity index is 1330. The molecule has 8 nitrogen and oxygen atoms in total. The van der Waals surface area contributed by atoms with E-state index < -0.39 is 0 Å². The molecule has 0 radical (unpaired) electrons. The lowest BCUT2D eigenvalue weighted by molar-refractivity contribution is 0.708. The molecule has 3 heterocycles. The second kappa shape index (κ2) is 9.52. The Hall–Kier alpha value is -4.20. The normalized spacial score (nSPS) is 11.1. The van der Waals surface area contributed by atoms with E-state index in [2.05, 4.69) is 77.7 Å². The van der Waals surface area contributed by atoms with E-state index in [1.54, 1.807) is 12.5 Å². The van der Waals surface area contributed by atoms with Crippen molar-refractivity contribution in [3.63, 3.8) is 0 Å². The second-order valence-electron chi connectivity index (χ2n) is 7.82. The Labute approximate surface area is 191 Å². The van der Waals surface area contributed by atoms with Gasteiger partial charge in [0.1, 0.15) is 11.8 Å². The first-order chi connectivity index (χ1) is 16.3. The third-order valence-corrected chi connectivity index (χ3v) is 5.61. The molecule has 5 rings (SSSR count). The zero-order valence-electron chi connectivity index (χ0n) is 18.4. The van der Waals surface area contributed by atoms with Crippen LogP contribution in [0, 0.1) is 0 Å². The van der Waals surface area contributed by atoms with E-state index in [-0.39, 0.29) is 0 Å². The number of nitrogens with one attached hydrogen (secondary N) is 1. The molecule has 33 heavy (non-hydrogen) atoms. The third-order valence-electron chi connectivity index (χ3n) is 5.61. The number of benzene rings is 2. The molecular formula is C25H24N8. The van der Waals surface area contributed by atoms with Gasteiger partial charge < -0.3 is 4.90 Å². The van der Waals surface area contributed by atoms with Crippen molar-refractivity contribution in [3.05, 3.63) is 78.8 Å². The molecule has 164 valence electrons. The lowest BCUT2D eigenvalue weighted by Crippen LogP contribution is -2.25. The predicted molar refractivity (Wildman–Crippen MR) is 128 cm³/mol. The minimum absolute atomic E-state index is 0.587. The summed E-state index contributed by atoms with van der Waals surface area (Å²) < 4.78 is 0. The summed E-state index contributed by atoms with van der Waals surface area (Å²) in [5.74, 6) is 1.46. The average Bonchev–Trinajstić information content (AvgIpc) is 3.42. The number of hydrogen-bond donors (Lipinski definition) is 1. The zero-order valence-corrected chi connectivity index (χ0v) is 18.4. The molecule has 0 aliphatic rings. The Balaban J connectivity index is 1.44. The van der Waals surface area contributed by atoms with Crippen LogP contribution in [0.15, 0.2) is 73.2 Å². The van der Waals surface area contributed by atoms with Gasteiger partial charge in [-0.1, -0.05) is 61.9 Å². The van der Waals surface area contributed by atoms with Gasteiger partial charge in [0.2, 0.25) is 5.82 Å². The van der Waals surface area contributed by atoms with Crippen LogP contribution in [0.1, 0.15) is 25.3 Å². The summed E-state index contributed by atoms with van der Waals surface area (Å²) in [6.07, 6.45) is 5.60. The summed E-state index contributed by atoms with van der Waals surface area (Å²) >= 11 is 0. The number of nitrogens with zero attached hydrogens (tertiary/aromatic N) is 7.